The number of oxime groups is 1. The van der Waals surface area contributed by atoms with Crippen LogP contribution < -0.4 is 0 Å². The minimum Gasteiger partial charge on any atom is -0.394 e. The summed E-state index contributed by atoms with van der Waals surface area (Å²) in [6, 6.07) is 0. The molecule has 6 atom stereocenters. The van der Waals surface area contributed by atoms with Crippen LogP contribution in [-0.4, -0.2) is 91.1 Å². The molecule has 0 amide bonds. The van der Waals surface area contributed by atoms with E-state index < -0.39 is 57.7 Å². The molecule has 0 aliphatic carbocycles. The van der Waals surface area contributed by atoms with E-state index in [1.165, 1.54) is 0 Å². The van der Waals surface area contributed by atoms with E-state index >= 15 is 0 Å². The lowest BCUT2D eigenvalue weighted by Crippen LogP contribution is -2.57. The molecule has 11 nitrogen and oxygen atoms in total. The van der Waals surface area contributed by atoms with Crippen LogP contribution in [-0.2, 0) is 30.2 Å². The fourth-order valence-corrected chi connectivity index (χ4v) is 4.05. The van der Waals surface area contributed by atoms with Crippen molar-refractivity contribution >= 4 is 38.0 Å². The van der Waals surface area contributed by atoms with E-state index in [1.54, 1.807) is 6.26 Å². The number of nitrogens with zero attached hydrogens (tertiary/aromatic N) is 1. The molecule has 1 heterocycles. The Bertz CT molecular complexity index is 596. The Hall–Kier alpha value is -0.320. The fourth-order valence-electron chi connectivity index (χ4n) is 2.10. The monoisotopic (exact) mass is 437 g/mol. The van der Waals surface area contributed by atoms with Crippen LogP contribution in [0.2, 0.25) is 0 Å². The predicted molar refractivity (Wildman–Crippen MR) is 94.2 cm³/mol. The third kappa shape index (κ3) is 8.14. The number of thioether (sulfide) groups is 1. The van der Waals surface area contributed by atoms with Gasteiger partial charge in [0.15, 0.2) is 0 Å². The summed E-state index contributed by atoms with van der Waals surface area (Å²) in [4.78, 5) is 0. The Kier molecular flexibility index (Phi) is 9.92. The van der Waals surface area contributed by atoms with E-state index in [0.717, 1.165) is 11.8 Å². The zero-order valence-corrected chi connectivity index (χ0v) is 16.3. The molecule has 0 unspecified atom stereocenters. The highest BCUT2D eigenvalue weighted by molar-refractivity contribution is 8.14. The van der Waals surface area contributed by atoms with Gasteiger partial charge < -0.3 is 25.2 Å². The first-order chi connectivity index (χ1) is 12.0. The lowest BCUT2D eigenvalue weighted by atomic mass is 10.0. The summed E-state index contributed by atoms with van der Waals surface area (Å²) in [7, 11) is -5.83. The summed E-state index contributed by atoms with van der Waals surface area (Å²) in [5.41, 5.74) is -1.17. The van der Waals surface area contributed by atoms with Crippen molar-refractivity contribution in [3.8, 4) is 0 Å². The number of aliphatic hydroxyl groups is 4. The van der Waals surface area contributed by atoms with Gasteiger partial charge in [-0.05, 0) is 19.3 Å². The molecule has 0 aromatic rings. The Labute approximate surface area is 157 Å². The smallest absolute Gasteiger partial charge is 0.394 e. The summed E-state index contributed by atoms with van der Waals surface area (Å²) in [6.07, 6.45) is -3.09. The first kappa shape index (κ1) is 23.7. The minimum absolute atomic E-state index is 0.0221. The SMILES string of the molecule is C[S@@](=O)CCCC/C(=N\OS(=O)(=O)O)S[C@@H]1O[C@H](CO)[C@@H](O)[C@H](O)[C@H]1O. The van der Waals surface area contributed by atoms with Gasteiger partial charge in [0.2, 0.25) is 0 Å². The molecule has 1 rings (SSSR count). The molecule has 14 heteroatoms. The summed E-state index contributed by atoms with van der Waals surface area (Å²) < 4.78 is 50.4. The normalized spacial score (nSPS) is 31.6. The van der Waals surface area contributed by atoms with Gasteiger partial charge in [-0.25, -0.2) is 4.28 Å². The molecule has 0 radical (unpaired) electrons. The lowest BCUT2D eigenvalue weighted by Gasteiger charge is -2.39. The summed E-state index contributed by atoms with van der Waals surface area (Å²) in [6.45, 7) is -0.613. The van der Waals surface area contributed by atoms with Crippen molar-refractivity contribution in [3.63, 3.8) is 0 Å². The molecule has 1 fully saturated rings. The molecule has 26 heavy (non-hydrogen) atoms. The van der Waals surface area contributed by atoms with E-state index in [1.807, 2.05) is 0 Å². The number of rotatable bonds is 9. The topological polar surface area (TPSA) is 183 Å². The van der Waals surface area contributed by atoms with Crippen LogP contribution in [0.25, 0.3) is 0 Å². The van der Waals surface area contributed by atoms with Crippen molar-refractivity contribution in [1.82, 2.24) is 0 Å². The summed E-state index contributed by atoms with van der Waals surface area (Å²) >= 11 is 0.717. The molecule has 0 saturated carbocycles. The van der Waals surface area contributed by atoms with Gasteiger partial charge >= 0.3 is 10.4 Å². The molecule has 0 aromatic carbocycles. The molecule has 1 aliphatic rings. The molecule has 0 aromatic heterocycles. The number of hydrogen-bond acceptors (Lipinski definition) is 11. The van der Waals surface area contributed by atoms with Gasteiger partial charge in [-0.2, -0.15) is 8.42 Å². The van der Waals surface area contributed by atoms with Gasteiger partial charge in [-0.15, -0.1) is 0 Å². The van der Waals surface area contributed by atoms with Gasteiger partial charge in [-0.1, -0.05) is 16.9 Å². The van der Waals surface area contributed by atoms with Crippen LogP contribution in [0.5, 0.6) is 0 Å². The molecule has 1 saturated heterocycles. The van der Waals surface area contributed by atoms with Gasteiger partial charge in [0.05, 0.1) is 6.61 Å². The van der Waals surface area contributed by atoms with Crippen molar-refractivity contribution in [1.29, 1.82) is 0 Å². The van der Waals surface area contributed by atoms with E-state index in [2.05, 4.69) is 9.44 Å². The Morgan fingerprint density at radius 3 is 2.42 bits per heavy atom. The van der Waals surface area contributed by atoms with Crippen LogP contribution in [0.1, 0.15) is 19.3 Å². The maximum absolute atomic E-state index is 11.1. The maximum atomic E-state index is 11.1. The molecule has 154 valence electrons. The zero-order chi connectivity index (χ0) is 19.9. The zero-order valence-electron chi connectivity index (χ0n) is 13.9. The molecular weight excluding hydrogens is 414 g/mol. The highest BCUT2D eigenvalue weighted by Crippen LogP contribution is 2.30. The highest BCUT2D eigenvalue weighted by Gasteiger charge is 2.44. The average molecular weight is 438 g/mol. The second kappa shape index (κ2) is 10.9. The van der Waals surface area contributed by atoms with Crippen molar-refractivity contribution < 1.29 is 46.6 Å². The standard InChI is InChI=1S/C12H23NO10S3/c1-25(18)5-3-2-4-8(13-23-26(19,20)21)24-12-11(17)10(16)9(15)7(6-14)22-12/h7,9-12,14-17H,2-6H2,1H3,(H,19,20,21)/b13-8+/t7-,9-,10+,11-,12+,25-/m1/s1. The first-order valence-electron chi connectivity index (χ1n) is 7.55. The summed E-state index contributed by atoms with van der Waals surface area (Å²) in [5.74, 6) is 0.428. The number of ether oxygens (including phenoxy) is 1. The van der Waals surface area contributed by atoms with Crippen molar-refractivity contribution in [2.45, 2.75) is 49.1 Å². The largest absolute Gasteiger partial charge is 0.466 e. The molecule has 1 aliphatic heterocycles. The van der Waals surface area contributed by atoms with Gasteiger partial charge in [0, 0.05) is 22.8 Å². The molecular formula is C12H23NO10S3. The highest BCUT2D eigenvalue weighted by atomic mass is 32.3. The quantitative estimate of drug-likeness (QED) is 0.0901. The maximum Gasteiger partial charge on any atom is 0.466 e. The number of aliphatic hydroxyl groups excluding tert-OH is 4. The summed E-state index contributed by atoms with van der Waals surface area (Å²) in [5, 5.41) is 42.0. The van der Waals surface area contributed by atoms with E-state index in [-0.39, 0.29) is 11.5 Å². The Morgan fingerprint density at radius 2 is 1.88 bits per heavy atom. The van der Waals surface area contributed by atoms with Crippen molar-refractivity contribution in [2.75, 3.05) is 18.6 Å². The van der Waals surface area contributed by atoms with Crippen molar-refractivity contribution in [3.05, 3.63) is 0 Å². The fraction of sp³-hybridized carbons (Fsp3) is 0.917. The second-order valence-corrected chi connectivity index (χ2v) is 9.27. The Balaban J connectivity index is 2.80. The minimum atomic E-state index is -4.83. The third-order valence-electron chi connectivity index (χ3n) is 3.41. The van der Waals surface area contributed by atoms with Crippen LogP contribution in [0, 0.1) is 0 Å². The van der Waals surface area contributed by atoms with Gasteiger partial charge in [0.25, 0.3) is 0 Å². The first-order valence-corrected chi connectivity index (χ1v) is 11.5. The van der Waals surface area contributed by atoms with Crippen LogP contribution >= 0.6 is 11.8 Å². The van der Waals surface area contributed by atoms with Crippen molar-refractivity contribution in [2.24, 2.45) is 5.16 Å². The van der Waals surface area contributed by atoms with E-state index in [0.29, 0.717) is 18.6 Å². The average Bonchev–Trinajstić information content (AvgIpc) is 2.55. The third-order valence-corrected chi connectivity index (χ3v) is 5.71. The van der Waals surface area contributed by atoms with E-state index in [4.69, 9.17) is 14.4 Å². The van der Waals surface area contributed by atoms with Crippen LogP contribution in [0.3, 0.4) is 0 Å². The molecule has 0 spiro atoms. The molecule has 5 N–H and O–H groups in total. The van der Waals surface area contributed by atoms with Gasteiger partial charge in [0.1, 0.15) is 34.9 Å². The predicted octanol–water partition coefficient (Wildman–Crippen LogP) is -1.80. The van der Waals surface area contributed by atoms with E-state index in [9.17, 15) is 27.9 Å². The van der Waals surface area contributed by atoms with Crippen LogP contribution in [0.4, 0.5) is 0 Å². The second-order valence-electron chi connectivity index (χ2n) is 5.54. The lowest BCUT2D eigenvalue weighted by molar-refractivity contribution is -0.205. The van der Waals surface area contributed by atoms with Crippen LogP contribution in [0.15, 0.2) is 5.16 Å². The molecule has 0 bridgehead atoms. The Morgan fingerprint density at radius 1 is 1.23 bits per heavy atom. The van der Waals surface area contributed by atoms with Gasteiger partial charge in [-0.3, -0.25) is 8.76 Å². The number of hydrogen-bond donors (Lipinski definition) is 5. The number of unbranched alkanes of at least 4 members (excludes halogenated alkanes) is 1.